The van der Waals surface area contributed by atoms with Gasteiger partial charge in [0, 0.05) is 39.2 Å². The lowest BCUT2D eigenvalue weighted by atomic mass is 10.1. The molecule has 1 aliphatic rings. The average molecular weight is 290 g/mol. The van der Waals surface area contributed by atoms with Crippen molar-refractivity contribution in [2.75, 3.05) is 45.5 Å². The maximum absolute atomic E-state index is 12.4. The van der Waals surface area contributed by atoms with Crippen LogP contribution in [0.5, 0.6) is 0 Å². The van der Waals surface area contributed by atoms with Crippen molar-refractivity contribution in [3.63, 3.8) is 0 Å². The van der Waals surface area contributed by atoms with Crippen LogP contribution in [0.2, 0.25) is 0 Å². The van der Waals surface area contributed by atoms with Gasteiger partial charge in [-0.3, -0.25) is 4.79 Å². The summed E-state index contributed by atoms with van der Waals surface area (Å²) in [6, 6.07) is -0.0984. The second kappa shape index (κ2) is 9.58. The van der Waals surface area contributed by atoms with E-state index in [0.717, 1.165) is 24.3 Å². The van der Waals surface area contributed by atoms with Gasteiger partial charge in [0.05, 0.1) is 12.6 Å². The van der Waals surface area contributed by atoms with Crippen molar-refractivity contribution < 1.29 is 14.3 Å². The highest BCUT2D eigenvalue weighted by Gasteiger charge is 2.29. The molecule has 0 radical (unpaired) electrons. The third kappa shape index (κ3) is 5.69. The molecule has 2 N–H and O–H groups in total. The van der Waals surface area contributed by atoms with Gasteiger partial charge in [0.2, 0.25) is 5.91 Å². The minimum atomic E-state index is -0.419. The van der Waals surface area contributed by atoms with E-state index >= 15 is 0 Å². The van der Waals surface area contributed by atoms with Crippen molar-refractivity contribution in [2.45, 2.75) is 31.3 Å². The molecular formula is C13H26N2O3S. The van der Waals surface area contributed by atoms with Crippen molar-refractivity contribution >= 4 is 17.7 Å². The molecule has 1 saturated heterocycles. The Morgan fingerprint density at radius 2 is 2.16 bits per heavy atom. The molecule has 1 aliphatic heterocycles. The van der Waals surface area contributed by atoms with E-state index in [2.05, 4.69) is 0 Å². The fourth-order valence-electron chi connectivity index (χ4n) is 2.21. The minimum Gasteiger partial charge on any atom is -0.385 e. The van der Waals surface area contributed by atoms with E-state index in [1.165, 1.54) is 0 Å². The normalized spacial score (nSPS) is 20.5. The Kier molecular flexibility index (Phi) is 8.45. The topological polar surface area (TPSA) is 64.8 Å². The predicted octanol–water partition coefficient (Wildman–Crippen LogP) is 0.721. The van der Waals surface area contributed by atoms with E-state index in [9.17, 15) is 4.79 Å². The summed E-state index contributed by atoms with van der Waals surface area (Å²) in [5.41, 5.74) is 6.00. The molecule has 1 heterocycles. The molecule has 0 spiro atoms. The second-order valence-electron chi connectivity index (χ2n) is 4.78. The van der Waals surface area contributed by atoms with Crippen molar-refractivity contribution in [3.05, 3.63) is 0 Å². The highest BCUT2D eigenvalue weighted by molar-refractivity contribution is 7.99. The van der Waals surface area contributed by atoms with Crippen LogP contribution in [0.15, 0.2) is 0 Å². The quantitative estimate of drug-likeness (QED) is 0.634. The molecule has 2 atom stereocenters. The van der Waals surface area contributed by atoms with Crippen molar-refractivity contribution in [2.24, 2.45) is 5.73 Å². The molecule has 1 rings (SSSR count). The van der Waals surface area contributed by atoms with Crippen LogP contribution < -0.4 is 5.73 Å². The first-order chi connectivity index (χ1) is 9.20. The summed E-state index contributed by atoms with van der Waals surface area (Å²) in [5, 5.41) is 0. The van der Waals surface area contributed by atoms with Crippen LogP contribution in [0.1, 0.15) is 19.3 Å². The van der Waals surface area contributed by atoms with Crippen molar-refractivity contribution in [1.82, 2.24) is 4.90 Å². The Balaban J connectivity index is 2.49. The van der Waals surface area contributed by atoms with Gasteiger partial charge in [0.1, 0.15) is 0 Å². The summed E-state index contributed by atoms with van der Waals surface area (Å²) in [4.78, 5) is 14.3. The SMILES string of the molecule is COCCCC(N)C(=O)N(CCOC)C1CCSC1. The number of methoxy groups -OCH3 is 2. The van der Waals surface area contributed by atoms with Gasteiger partial charge in [-0.2, -0.15) is 11.8 Å². The Hall–Kier alpha value is -0.300. The maximum Gasteiger partial charge on any atom is 0.239 e. The molecule has 2 unspecified atom stereocenters. The molecular weight excluding hydrogens is 264 g/mol. The zero-order valence-electron chi connectivity index (χ0n) is 12.0. The molecule has 0 bridgehead atoms. The van der Waals surface area contributed by atoms with Crippen LogP contribution in [0.3, 0.4) is 0 Å². The van der Waals surface area contributed by atoms with Gasteiger partial charge >= 0.3 is 0 Å². The first-order valence-corrected chi connectivity index (χ1v) is 7.97. The number of hydrogen-bond acceptors (Lipinski definition) is 5. The van der Waals surface area contributed by atoms with Crippen LogP contribution in [0.25, 0.3) is 0 Å². The average Bonchev–Trinajstić information content (AvgIpc) is 2.93. The maximum atomic E-state index is 12.4. The summed E-state index contributed by atoms with van der Waals surface area (Å²) in [7, 11) is 3.32. The third-order valence-corrected chi connectivity index (χ3v) is 4.49. The van der Waals surface area contributed by atoms with Gasteiger partial charge in [-0.15, -0.1) is 0 Å². The first-order valence-electron chi connectivity index (χ1n) is 6.82. The molecule has 0 aromatic heterocycles. The molecule has 6 heteroatoms. The second-order valence-corrected chi connectivity index (χ2v) is 5.93. The number of hydrogen-bond donors (Lipinski definition) is 1. The van der Waals surface area contributed by atoms with Gasteiger partial charge in [-0.1, -0.05) is 0 Å². The lowest BCUT2D eigenvalue weighted by Gasteiger charge is -2.30. The summed E-state index contributed by atoms with van der Waals surface area (Å²) in [6.07, 6.45) is 2.56. The number of nitrogens with two attached hydrogens (primary N) is 1. The van der Waals surface area contributed by atoms with Crippen LogP contribution in [0.4, 0.5) is 0 Å². The molecule has 1 fully saturated rings. The molecule has 1 amide bonds. The number of thioether (sulfide) groups is 1. The summed E-state index contributed by atoms with van der Waals surface area (Å²) < 4.78 is 10.1. The van der Waals surface area contributed by atoms with Crippen molar-refractivity contribution in [1.29, 1.82) is 0 Å². The summed E-state index contributed by atoms with van der Waals surface area (Å²) in [6.45, 7) is 1.86. The molecule has 0 saturated carbocycles. The number of carbonyl (C=O) groups is 1. The first kappa shape index (κ1) is 16.8. The summed E-state index contributed by atoms with van der Waals surface area (Å²) in [5.74, 6) is 2.20. The lowest BCUT2D eigenvalue weighted by Crippen LogP contribution is -2.50. The van der Waals surface area contributed by atoms with Crippen LogP contribution in [-0.4, -0.2) is 68.4 Å². The van der Waals surface area contributed by atoms with Crippen LogP contribution >= 0.6 is 11.8 Å². The monoisotopic (exact) mass is 290 g/mol. The molecule has 0 aliphatic carbocycles. The van der Waals surface area contributed by atoms with E-state index in [1.54, 1.807) is 14.2 Å². The fourth-order valence-corrected chi connectivity index (χ4v) is 3.44. The highest BCUT2D eigenvalue weighted by Crippen LogP contribution is 2.23. The van der Waals surface area contributed by atoms with E-state index in [1.807, 2.05) is 16.7 Å². The number of carbonyl (C=O) groups excluding carboxylic acids is 1. The molecule has 0 aromatic rings. The van der Waals surface area contributed by atoms with Gasteiger partial charge in [0.25, 0.3) is 0 Å². The Morgan fingerprint density at radius 3 is 2.74 bits per heavy atom. The highest BCUT2D eigenvalue weighted by atomic mass is 32.2. The van der Waals surface area contributed by atoms with Gasteiger partial charge in [0.15, 0.2) is 0 Å². The smallest absolute Gasteiger partial charge is 0.239 e. The largest absolute Gasteiger partial charge is 0.385 e. The Bertz CT molecular complexity index is 260. The van der Waals surface area contributed by atoms with Crippen LogP contribution in [-0.2, 0) is 14.3 Å². The molecule has 0 aromatic carbocycles. The Morgan fingerprint density at radius 1 is 1.42 bits per heavy atom. The predicted molar refractivity (Wildman–Crippen MR) is 78.4 cm³/mol. The van der Waals surface area contributed by atoms with Crippen LogP contribution in [0, 0.1) is 0 Å². The van der Waals surface area contributed by atoms with E-state index in [4.69, 9.17) is 15.2 Å². The van der Waals surface area contributed by atoms with Gasteiger partial charge in [-0.25, -0.2) is 0 Å². The van der Waals surface area contributed by atoms with Gasteiger partial charge in [-0.05, 0) is 25.0 Å². The summed E-state index contributed by atoms with van der Waals surface area (Å²) >= 11 is 1.90. The third-order valence-electron chi connectivity index (χ3n) is 3.35. The van der Waals surface area contributed by atoms with Gasteiger partial charge < -0.3 is 20.1 Å². The number of nitrogens with zero attached hydrogens (tertiary/aromatic N) is 1. The molecule has 5 nitrogen and oxygen atoms in total. The van der Waals surface area contributed by atoms with E-state index in [0.29, 0.717) is 32.2 Å². The minimum absolute atomic E-state index is 0.0562. The zero-order valence-corrected chi connectivity index (χ0v) is 12.8. The number of rotatable bonds is 9. The van der Waals surface area contributed by atoms with E-state index in [-0.39, 0.29) is 5.91 Å². The molecule has 19 heavy (non-hydrogen) atoms. The molecule has 112 valence electrons. The number of amides is 1. The number of ether oxygens (including phenoxy) is 2. The zero-order chi connectivity index (χ0) is 14.1. The van der Waals surface area contributed by atoms with Crippen molar-refractivity contribution in [3.8, 4) is 0 Å². The fraction of sp³-hybridized carbons (Fsp3) is 0.923. The Labute approximate surface area is 120 Å². The van der Waals surface area contributed by atoms with E-state index < -0.39 is 6.04 Å². The standard InChI is InChI=1S/C13H26N2O3S/c1-17-7-3-4-12(14)13(16)15(6-8-18-2)11-5-9-19-10-11/h11-12H,3-10,14H2,1-2H3. The lowest BCUT2D eigenvalue weighted by molar-refractivity contribution is -0.135.